The maximum atomic E-state index is 13.8. The lowest BCUT2D eigenvalue weighted by atomic mass is 10.1. The van der Waals surface area contributed by atoms with Crippen molar-refractivity contribution in [2.45, 2.75) is 13.0 Å². The highest BCUT2D eigenvalue weighted by atomic mass is 79.9. The number of hydrogen-bond donors (Lipinski definition) is 1. The largest absolute Gasteiger partial charge is 0.378 e. The molecule has 0 radical (unpaired) electrons. The molecule has 0 fully saturated rings. The minimum absolute atomic E-state index is 0.148. The summed E-state index contributed by atoms with van der Waals surface area (Å²) in [4.78, 5) is 0. The van der Waals surface area contributed by atoms with Gasteiger partial charge in [0, 0.05) is 20.2 Å². The summed E-state index contributed by atoms with van der Waals surface area (Å²) in [6, 6.07) is 10.3. The second-order valence-corrected chi connectivity index (χ2v) is 6.34. The predicted molar refractivity (Wildman–Crippen MR) is 85.3 cm³/mol. The summed E-state index contributed by atoms with van der Waals surface area (Å²) >= 11 is 12.7. The van der Waals surface area contributed by atoms with E-state index in [4.69, 9.17) is 11.6 Å². The van der Waals surface area contributed by atoms with Gasteiger partial charge in [-0.25, -0.2) is 4.39 Å². The molecule has 19 heavy (non-hydrogen) atoms. The molecule has 2 aromatic rings. The number of nitrogens with one attached hydrogen (secondary N) is 1. The van der Waals surface area contributed by atoms with Gasteiger partial charge in [0.2, 0.25) is 0 Å². The second-order valence-electron chi connectivity index (χ2n) is 4.16. The van der Waals surface area contributed by atoms with Gasteiger partial charge in [0.05, 0.1) is 11.1 Å². The summed E-state index contributed by atoms with van der Waals surface area (Å²) in [5.41, 5.74) is 1.49. The molecular formula is C14H11Br2ClFN. The lowest BCUT2D eigenvalue weighted by Gasteiger charge is -2.17. The first kappa shape index (κ1) is 14.8. The van der Waals surface area contributed by atoms with Crippen LogP contribution in [0.25, 0.3) is 0 Å². The van der Waals surface area contributed by atoms with E-state index in [2.05, 4.69) is 37.2 Å². The highest BCUT2D eigenvalue weighted by molar-refractivity contribution is 9.10. The Balaban J connectivity index is 2.22. The van der Waals surface area contributed by atoms with Crippen LogP contribution in [0.3, 0.4) is 0 Å². The molecule has 0 heterocycles. The smallest absolute Gasteiger partial charge is 0.128 e. The number of anilines is 1. The van der Waals surface area contributed by atoms with Crippen molar-refractivity contribution in [1.82, 2.24) is 0 Å². The molecule has 1 unspecified atom stereocenters. The van der Waals surface area contributed by atoms with Crippen LogP contribution in [-0.2, 0) is 0 Å². The van der Waals surface area contributed by atoms with Gasteiger partial charge in [-0.15, -0.1) is 0 Å². The summed E-state index contributed by atoms with van der Waals surface area (Å²) in [6.45, 7) is 1.91. The van der Waals surface area contributed by atoms with Crippen LogP contribution in [0.5, 0.6) is 0 Å². The fraction of sp³-hybridized carbons (Fsp3) is 0.143. The third kappa shape index (κ3) is 3.71. The van der Waals surface area contributed by atoms with Gasteiger partial charge in [0.1, 0.15) is 5.82 Å². The third-order valence-electron chi connectivity index (χ3n) is 2.73. The fourth-order valence-electron chi connectivity index (χ4n) is 1.76. The molecular weight excluding hydrogens is 396 g/mol. The van der Waals surface area contributed by atoms with E-state index in [0.717, 1.165) is 14.6 Å². The van der Waals surface area contributed by atoms with Gasteiger partial charge in [-0.05, 0) is 59.3 Å². The normalized spacial score (nSPS) is 12.3. The fourth-order valence-corrected chi connectivity index (χ4v) is 2.64. The maximum Gasteiger partial charge on any atom is 0.128 e. The Labute approximate surface area is 133 Å². The van der Waals surface area contributed by atoms with Crippen molar-refractivity contribution in [1.29, 1.82) is 0 Å². The highest BCUT2D eigenvalue weighted by Gasteiger charge is 2.11. The predicted octanol–water partition coefficient (Wildman–Crippen LogP) is 6.18. The van der Waals surface area contributed by atoms with Crippen molar-refractivity contribution in [3.63, 3.8) is 0 Å². The van der Waals surface area contributed by atoms with Gasteiger partial charge in [0.25, 0.3) is 0 Å². The minimum atomic E-state index is -0.226. The average molecular weight is 408 g/mol. The van der Waals surface area contributed by atoms with Gasteiger partial charge in [-0.2, -0.15) is 0 Å². The van der Waals surface area contributed by atoms with E-state index in [-0.39, 0.29) is 11.9 Å². The quantitative estimate of drug-likeness (QED) is 0.641. The Morgan fingerprint density at radius 2 is 1.89 bits per heavy atom. The van der Waals surface area contributed by atoms with Crippen molar-refractivity contribution in [2.75, 3.05) is 5.32 Å². The van der Waals surface area contributed by atoms with E-state index in [0.29, 0.717) is 10.6 Å². The summed E-state index contributed by atoms with van der Waals surface area (Å²) in [7, 11) is 0. The van der Waals surface area contributed by atoms with Crippen LogP contribution in [0, 0.1) is 5.82 Å². The first-order valence-corrected chi connectivity index (χ1v) is 7.60. The highest BCUT2D eigenvalue weighted by Crippen LogP contribution is 2.29. The van der Waals surface area contributed by atoms with Crippen LogP contribution in [0.4, 0.5) is 10.1 Å². The molecule has 0 aromatic heterocycles. The zero-order valence-electron chi connectivity index (χ0n) is 10.1. The van der Waals surface area contributed by atoms with E-state index in [1.54, 1.807) is 18.2 Å². The van der Waals surface area contributed by atoms with E-state index in [1.807, 2.05) is 19.1 Å². The summed E-state index contributed by atoms with van der Waals surface area (Å²) in [5, 5.41) is 3.89. The van der Waals surface area contributed by atoms with Crippen LogP contribution in [-0.4, -0.2) is 0 Å². The monoisotopic (exact) mass is 405 g/mol. The van der Waals surface area contributed by atoms with Gasteiger partial charge in [0.15, 0.2) is 0 Å². The number of halogens is 4. The second kappa shape index (κ2) is 6.25. The Morgan fingerprint density at radius 3 is 2.58 bits per heavy atom. The van der Waals surface area contributed by atoms with E-state index < -0.39 is 0 Å². The molecule has 5 heteroatoms. The molecule has 2 rings (SSSR count). The molecule has 1 nitrogen and oxygen atoms in total. The van der Waals surface area contributed by atoms with Crippen LogP contribution in [0.2, 0.25) is 5.02 Å². The molecule has 1 N–H and O–H groups in total. The molecule has 0 bridgehead atoms. The molecule has 100 valence electrons. The van der Waals surface area contributed by atoms with E-state index >= 15 is 0 Å². The Kier molecular flexibility index (Phi) is 4.87. The summed E-state index contributed by atoms with van der Waals surface area (Å²) in [5.74, 6) is -0.226. The van der Waals surface area contributed by atoms with Crippen LogP contribution >= 0.6 is 43.5 Å². The summed E-state index contributed by atoms with van der Waals surface area (Å²) in [6.07, 6.45) is 0. The first-order valence-electron chi connectivity index (χ1n) is 5.64. The molecule has 0 aliphatic heterocycles. The van der Waals surface area contributed by atoms with Crippen molar-refractivity contribution in [3.05, 3.63) is 61.7 Å². The molecule has 1 atom stereocenters. The molecule has 0 spiro atoms. The maximum absolute atomic E-state index is 13.8. The molecule has 2 aromatic carbocycles. The van der Waals surface area contributed by atoms with Gasteiger partial charge < -0.3 is 5.32 Å². The SMILES string of the molecule is CC(Nc1ccc(Cl)c(Br)c1)c1cc(Br)ccc1F. The van der Waals surface area contributed by atoms with Gasteiger partial charge in [-0.1, -0.05) is 27.5 Å². The Hall–Kier alpha value is -0.580. The lowest BCUT2D eigenvalue weighted by Crippen LogP contribution is -2.08. The zero-order valence-corrected chi connectivity index (χ0v) is 14.0. The third-order valence-corrected chi connectivity index (χ3v) is 4.43. The zero-order chi connectivity index (χ0) is 14.0. The molecule has 0 aliphatic carbocycles. The molecule has 0 aliphatic rings. The van der Waals surface area contributed by atoms with Gasteiger partial charge >= 0.3 is 0 Å². The topological polar surface area (TPSA) is 12.0 Å². The average Bonchev–Trinajstić information content (AvgIpc) is 2.36. The number of benzene rings is 2. The van der Waals surface area contributed by atoms with Crippen molar-refractivity contribution >= 4 is 49.1 Å². The lowest BCUT2D eigenvalue weighted by molar-refractivity contribution is 0.600. The Morgan fingerprint density at radius 1 is 1.16 bits per heavy atom. The van der Waals surface area contributed by atoms with Crippen molar-refractivity contribution < 1.29 is 4.39 Å². The van der Waals surface area contributed by atoms with E-state index in [1.165, 1.54) is 6.07 Å². The Bertz CT molecular complexity index is 604. The van der Waals surface area contributed by atoms with Crippen LogP contribution in [0.1, 0.15) is 18.5 Å². The van der Waals surface area contributed by atoms with E-state index in [9.17, 15) is 4.39 Å². The minimum Gasteiger partial charge on any atom is -0.378 e. The molecule has 0 saturated heterocycles. The number of rotatable bonds is 3. The van der Waals surface area contributed by atoms with Crippen LogP contribution < -0.4 is 5.32 Å². The summed E-state index contributed by atoms with van der Waals surface area (Å²) < 4.78 is 15.4. The van der Waals surface area contributed by atoms with Gasteiger partial charge in [-0.3, -0.25) is 0 Å². The number of hydrogen-bond acceptors (Lipinski definition) is 1. The first-order chi connectivity index (χ1) is 8.97. The molecule has 0 saturated carbocycles. The van der Waals surface area contributed by atoms with Crippen molar-refractivity contribution in [3.8, 4) is 0 Å². The standard InChI is InChI=1S/C14H11Br2ClFN/c1-8(11-6-9(15)2-5-14(11)18)19-10-3-4-13(17)12(16)7-10/h2-8,19H,1H3. The van der Waals surface area contributed by atoms with Crippen molar-refractivity contribution in [2.24, 2.45) is 0 Å². The molecule has 0 amide bonds. The van der Waals surface area contributed by atoms with Crippen LogP contribution in [0.15, 0.2) is 45.3 Å².